The number of methoxy groups -OCH3 is 3. The molecule has 0 aliphatic rings. The van der Waals surface area contributed by atoms with Crippen molar-refractivity contribution in [1.29, 1.82) is 0 Å². The topological polar surface area (TPSA) is 39.7 Å². The van der Waals surface area contributed by atoms with Crippen LogP contribution in [-0.2, 0) is 0 Å². The first-order valence-electron chi connectivity index (χ1n) is 4.99. The summed E-state index contributed by atoms with van der Waals surface area (Å²) in [4.78, 5) is 0. The number of nitrogens with one attached hydrogen (secondary N) is 1. The van der Waals surface area contributed by atoms with Crippen LogP contribution in [0.15, 0.2) is 23.2 Å². The molecule has 0 unspecified atom stereocenters. The number of hydrogen-bond donors (Lipinski definition) is 1. The van der Waals surface area contributed by atoms with Gasteiger partial charge in [0.25, 0.3) is 0 Å². The van der Waals surface area contributed by atoms with Crippen molar-refractivity contribution in [2.75, 3.05) is 33.2 Å². The third-order valence-electron chi connectivity index (χ3n) is 2.15. The van der Waals surface area contributed by atoms with Gasteiger partial charge >= 0.3 is 0 Å². The molecule has 0 heterocycles. The number of benzene rings is 1. The van der Waals surface area contributed by atoms with Gasteiger partial charge in [0.2, 0.25) is 5.75 Å². The molecular formula is C12H16BrNO3. The third-order valence-corrected chi connectivity index (χ3v) is 2.43. The Morgan fingerprint density at radius 1 is 1.18 bits per heavy atom. The molecule has 0 aliphatic carbocycles. The number of halogens is 1. The van der Waals surface area contributed by atoms with Crippen molar-refractivity contribution < 1.29 is 14.2 Å². The minimum absolute atomic E-state index is 0.582. The average molecular weight is 302 g/mol. The molecule has 1 rings (SSSR count). The van der Waals surface area contributed by atoms with E-state index in [4.69, 9.17) is 14.2 Å². The number of anilines is 1. The summed E-state index contributed by atoms with van der Waals surface area (Å²) >= 11 is 3.29. The van der Waals surface area contributed by atoms with Crippen LogP contribution >= 0.6 is 15.9 Å². The Morgan fingerprint density at radius 2 is 1.71 bits per heavy atom. The normalized spacial score (nSPS) is 9.65. The summed E-state index contributed by atoms with van der Waals surface area (Å²) < 4.78 is 16.6. The highest BCUT2D eigenvalue weighted by atomic mass is 79.9. The van der Waals surface area contributed by atoms with Crippen molar-refractivity contribution >= 4 is 21.6 Å². The smallest absolute Gasteiger partial charge is 0.203 e. The monoisotopic (exact) mass is 301 g/mol. The van der Waals surface area contributed by atoms with Crippen molar-refractivity contribution in [2.45, 2.75) is 0 Å². The first kappa shape index (κ1) is 13.7. The molecule has 0 saturated carbocycles. The Labute approximate surface area is 110 Å². The molecule has 0 spiro atoms. The summed E-state index contributed by atoms with van der Waals surface area (Å²) in [5, 5.41) is 3.18. The lowest BCUT2D eigenvalue weighted by Crippen LogP contribution is -2.02. The predicted octanol–water partition coefficient (Wildman–Crippen LogP) is 3.03. The van der Waals surface area contributed by atoms with E-state index < -0.39 is 0 Å². The second-order valence-electron chi connectivity index (χ2n) is 3.28. The molecule has 0 fully saturated rings. The van der Waals surface area contributed by atoms with E-state index in [1.807, 2.05) is 12.1 Å². The summed E-state index contributed by atoms with van der Waals surface area (Å²) in [7, 11) is 4.75. The van der Waals surface area contributed by atoms with Crippen molar-refractivity contribution in [3.8, 4) is 17.2 Å². The van der Waals surface area contributed by atoms with Gasteiger partial charge < -0.3 is 19.5 Å². The van der Waals surface area contributed by atoms with Gasteiger partial charge in [-0.25, -0.2) is 0 Å². The average Bonchev–Trinajstić information content (AvgIpc) is 2.34. The minimum Gasteiger partial charge on any atom is -0.493 e. The second kappa shape index (κ2) is 6.39. The summed E-state index contributed by atoms with van der Waals surface area (Å²) in [6.07, 6.45) is 0. The molecule has 4 nitrogen and oxygen atoms in total. The first-order valence-corrected chi connectivity index (χ1v) is 5.78. The Bertz CT molecular complexity index is 382. The molecule has 94 valence electrons. The fourth-order valence-corrected chi connectivity index (χ4v) is 1.52. The van der Waals surface area contributed by atoms with Crippen LogP contribution in [-0.4, -0.2) is 27.9 Å². The van der Waals surface area contributed by atoms with Crippen LogP contribution in [0.3, 0.4) is 0 Å². The Balaban J connectivity index is 3.04. The van der Waals surface area contributed by atoms with Crippen LogP contribution in [0.1, 0.15) is 0 Å². The predicted molar refractivity (Wildman–Crippen MR) is 72.7 cm³/mol. The van der Waals surface area contributed by atoms with E-state index >= 15 is 0 Å². The van der Waals surface area contributed by atoms with Crippen LogP contribution < -0.4 is 19.5 Å². The van der Waals surface area contributed by atoms with Crippen molar-refractivity contribution in [3.63, 3.8) is 0 Å². The lowest BCUT2D eigenvalue weighted by atomic mass is 10.2. The fourth-order valence-electron chi connectivity index (χ4n) is 1.38. The van der Waals surface area contributed by atoms with Crippen molar-refractivity contribution in [1.82, 2.24) is 0 Å². The summed E-state index contributed by atoms with van der Waals surface area (Å²) in [6, 6.07) is 3.69. The number of hydrogen-bond acceptors (Lipinski definition) is 4. The molecule has 1 aromatic rings. The first-order chi connectivity index (χ1) is 8.12. The third kappa shape index (κ3) is 3.56. The van der Waals surface area contributed by atoms with Crippen LogP contribution in [0.4, 0.5) is 5.69 Å². The van der Waals surface area contributed by atoms with Gasteiger partial charge in [0, 0.05) is 28.8 Å². The van der Waals surface area contributed by atoms with Gasteiger partial charge in [0.15, 0.2) is 11.5 Å². The summed E-state index contributed by atoms with van der Waals surface area (Å²) in [6.45, 7) is 4.38. The highest BCUT2D eigenvalue weighted by molar-refractivity contribution is 9.11. The quantitative estimate of drug-likeness (QED) is 0.877. The van der Waals surface area contributed by atoms with Crippen molar-refractivity contribution in [2.24, 2.45) is 0 Å². The molecule has 0 bridgehead atoms. The molecule has 1 N–H and O–H groups in total. The van der Waals surface area contributed by atoms with Gasteiger partial charge in [-0.1, -0.05) is 22.5 Å². The van der Waals surface area contributed by atoms with E-state index in [2.05, 4.69) is 27.8 Å². The minimum atomic E-state index is 0.582. The van der Waals surface area contributed by atoms with Crippen molar-refractivity contribution in [3.05, 3.63) is 23.2 Å². The van der Waals surface area contributed by atoms with Crippen LogP contribution in [0.25, 0.3) is 0 Å². The summed E-state index contributed by atoms with van der Waals surface area (Å²) in [5.74, 6) is 1.82. The lowest BCUT2D eigenvalue weighted by Gasteiger charge is -2.14. The SMILES string of the molecule is C=C(Br)CNc1cc(OC)c(OC)c(OC)c1. The lowest BCUT2D eigenvalue weighted by molar-refractivity contribution is 0.324. The second-order valence-corrected chi connectivity index (χ2v) is 4.41. The van der Waals surface area contributed by atoms with Gasteiger partial charge in [-0.2, -0.15) is 0 Å². The van der Waals surface area contributed by atoms with E-state index in [9.17, 15) is 0 Å². The maximum absolute atomic E-state index is 5.25. The molecule has 1 aromatic carbocycles. The largest absolute Gasteiger partial charge is 0.493 e. The number of ether oxygens (including phenoxy) is 3. The van der Waals surface area contributed by atoms with Crippen LogP contribution in [0.5, 0.6) is 17.2 Å². The molecule has 17 heavy (non-hydrogen) atoms. The fraction of sp³-hybridized carbons (Fsp3) is 0.333. The maximum Gasteiger partial charge on any atom is 0.203 e. The van der Waals surface area contributed by atoms with E-state index in [1.165, 1.54) is 0 Å². The Hall–Kier alpha value is -1.36. The van der Waals surface area contributed by atoms with Crippen LogP contribution in [0, 0.1) is 0 Å². The highest BCUT2D eigenvalue weighted by Gasteiger charge is 2.12. The van der Waals surface area contributed by atoms with Crippen LogP contribution in [0.2, 0.25) is 0 Å². The van der Waals surface area contributed by atoms with Gasteiger partial charge in [-0.15, -0.1) is 0 Å². The molecule has 5 heteroatoms. The van der Waals surface area contributed by atoms with Gasteiger partial charge in [0.05, 0.1) is 21.3 Å². The zero-order valence-electron chi connectivity index (χ0n) is 10.2. The van der Waals surface area contributed by atoms with Gasteiger partial charge in [-0.3, -0.25) is 0 Å². The zero-order chi connectivity index (χ0) is 12.8. The molecule has 0 amide bonds. The van der Waals surface area contributed by atoms with E-state index in [1.54, 1.807) is 21.3 Å². The Morgan fingerprint density at radius 3 is 2.06 bits per heavy atom. The van der Waals surface area contributed by atoms with Gasteiger partial charge in [-0.05, 0) is 0 Å². The molecule has 0 saturated heterocycles. The highest BCUT2D eigenvalue weighted by Crippen LogP contribution is 2.39. The zero-order valence-corrected chi connectivity index (χ0v) is 11.8. The number of rotatable bonds is 6. The molecule has 0 aliphatic heterocycles. The van der Waals surface area contributed by atoms with E-state index in [0.717, 1.165) is 10.2 Å². The molecular weight excluding hydrogens is 286 g/mol. The van der Waals surface area contributed by atoms with E-state index in [0.29, 0.717) is 23.8 Å². The summed E-state index contributed by atoms with van der Waals surface area (Å²) in [5.41, 5.74) is 0.875. The van der Waals surface area contributed by atoms with E-state index in [-0.39, 0.29) is 0 Å². The standard InChI is InChI=1S/C12H16BrNO3/c1-8(13)7-14-9-5-10(15-2)12(17-4)11(6-9)16-3/h5-6,14H,1,7H2,2-4H3. The molecule has 0 atom stereocenters. The Kier molecular flexibility index (Phi) is 5.15. The van der Waals surface area contributed by atoms with Gasteiger partial charge in [0.1, 0.15) is 0 Å². The molecule has 0 aromatic heterocycles. The molecule has 0 radical (unpaired) electrons. The maximum atomic E-state index is 5.25.